The van der Waals surface area contributed by atoms with Gasteiger partial charge in [-0.25, -0.2) is 0 Å². The van der Waals surface area contributed by atoms with Crippen LogP contribution in [0.25, 0.3) is 10.9 Å². The number of fused-ring (bicyclic) bond motifs is 1. The fourth-order valence-electron chi connectivity index (χ4n) is 2.73. The SMILES string of the molecule is COc1ccc(CC(C)C(=O)Nc2ccc3cn[nH]c3c2)cc1OC. The summed E-state index contributed by atoms with van der Waals surface area (Å²) >= 11 is 0. The number of rotatable bonds is 6. The first-order chi connectivity index (χ1) is 12.1. The summed E-state index contributed by atoms with van der Waals surface area (Å²) in [5.74, 6) is 1.12. The molecule has 6 nitrogen and oxygen atoms in total. The standard InChI is InChI=1S/C19H21N3O3/c1-12(8-13-4-7-17(24-2)18(9-13)25-3)19(23)21-15-6-5-14-11-20-22-16(14)10-15/h4-7,9-12H,8H2,1-3H3,(H,20,22)(H,21,23). The van der Waals surface area contributed by atoms with Gasteiger partial charge in [-0.15, -0.1) is 0 Å². The number of carbonyl (C=O) groups is 1. The van der Waals surface area contributed by atoms with Gasteiger partial charge in [-0.05, 0) is 42.3 Å². The van der Waals surface area contributed by atoms with Crippen LogP contribution in [0.2, 0.25) is 0 Å². The number of hydrogen-bond donors (Lipinski definition) is 2. The average Bonchev–Trinajstić information content (AvgIpc) is 3.09. The molecule has 0 aliphatic heterocycles. The number of methoxy groups -OCH3 is 2. The summed E-state index contributed by atoms with van der Waals surface area (Å²) in [4.78, 5) is 12.5. The third-order valence-corrected chi connectivity index (χ3v) is 4.15. The molecule has 3 rings (SSSR count). The van der Waals surface area contributed by atoms with E-state index in [1.165, 1.54) is 0 Å². The maximum absolute atomic E-state index is 12.5. The molecule has 3 aromatic rings. The Morgan fingerprint density at radius 3 is 2.72 bits per heavy atom. The lowest BCUT2D eigenvalue weighted by atomic mass is 10.00. The molecule has 130 valence electrons. The van der Waals surface area contributed by atoms with Crippen molar-refractivity contribution in [2.24, 2.45) is 5.92 Å². The number of aromatic nitrogens is 2. The quantitative estimate of drug-likeness (QED) is 0.722. The van der Waals surface area contributed by atoms with Crippen LogP contribution in [0, 0.1) is 5.92 Å². The summed E-state index contributed by atoms with van der Waals surface area (Å²) in [6.07, 6.45) is 2.36. The van der Waals surface area contributed by atoms with E-state index in [1.54, 1.807) is 20.4 Å². The van der Waals surface area contributed by atoms with Gasteiger partial charge in [-0.1, -0.05) is 13.0 Å². The Balaban J connectivity index is 1.67. The highest BCUT2D eigenvalue weighted by Gasteiger charge is 2.15. The van der Waals surface area contributed by atoms with Gasteiger partial charge in [0.2, 0.25) is 5.91 Å². The molecular weight excluding hydrogens is 318 g/mol. The van der Waals surface area contributed by atoms with E-state index in [0.29, 0.717) is 17.9 Å². The van der Waals surface area contributed by atoms with Gasteiger partial charge in [-0.3, -0.25) is 9.89 Å². The molecule has 0 aliphatic carbocycles. The highest BCUT2D eigenvalue weighted by atomic mass is 16.5. The predicted molar refractivity (Wildman–Crippen MR) is 97.1 cm³/mol. The van der Waals surface area contributed by atoms with Crippen molar-refractivity contribution in [3.05, 3.63) is 48.2 Å². The fraction of sp³-hybridized carbons (Fsp3) is 0.263. The van der Waals surface area contributed by atoms with Gasteiger partial charge >= 0.3 is 0 Å². The number of hydrogen-bond acceptors (Lipinski definition) is 4. The van der Waals surface area contributed by atoms with Crippen LogP contribution < -0.4 is 14.8 Å². The molecule has 0 aliphatic rings. The number of anilines is 1. The van der Waals surface area contributed by atoms with Gasteiger partial charge in [0.15, 0.2) is 11.5 Å². The Hall–Kier alpha value is -3.02. The van der Waals surface area contributed by atoms with Crippen molar-refractivity contribution in [2.75, 3.05) is 19.5 Å². The third kappa shape index (κ3) is 3.74. The summed E-state index contributed by atoms with van der Waals surface area (Å²) in [5.41, 5.74) is 2.66. The van der Waals surface area contributed by atoms with Crippen molar-refractivity contribution in [3.63, 3.8) is 0 Å². The molecule has 0 saturated carbocycles. The van der Waals surface area contributed by atoms with Gasteiger partial charge in [0.05, 0.1) is 25.9 Å². The van der Waals surface area contributed by atoms with Crippen LogP contribution in [-0.4, -0.2) is 30.3 Å². The van der Waals surface area contributed by atoms with E-state index in [4.69, 9.17) is 9.47 Å². The van der Waals surface area contributed by atoms with E-state index in [9.17, 15) is 4.79 Å². The predicted octanol–water partition coefficient (Wildman–Crippen LogP) is 3.40. The van der Waals surface area contributed by atoms with Gasteiger partial charge < -0.3 is 14.8 Å². The lowest BCUT2D eigenvalue weighted by molar-refractivity contribution is -0.119. The van der Waals surface area contributed by atoms with E-state index >= 15 is 0 Å². The Labute approximate surface area is 146 Å². The first-order valence-corrected chi connectivity index (χ1v) is 8.05. The number of benzene rings is 2. The zero-order chi connectivity index (χ0) is 17.8. The Kier molecular flexibility index (Phi) is 4.88. The molecule has 2 aromatic carbocycles. The molecule has 6 heteroatoms. The van der Waals surface area contributed by atoms with Crippen LogP contribution in [0.3, 0.4) is 0 Å². The maximum Gasteiger partial charge on any atom is 0.227 e. The van der Waals surface area contributed by atoms with Gasteiger partial charge in [0.25, 0.3) is 0 Å². The number of amides is 1. The van der Waals surface area contributed by atoms with Gasteiger partial charge in [-0.2, -0.15) is 5.10 Å². The van der Waals surface area contributed by atoms with Crippen molar-refractivity contribution in [3.8, 4) is 11.5 Å². The van der Waals surface area contributed by atoms with Crippen LogP contribution in [0.1, 0.15) is 12.5 Å². The van der Waals surface area contributed by atoms with Crippen molar-refractivity contribution >= 4 is 22.5 Å². The Morgan fingerprint density at radius 2 is 1.96 bits per heavy atom. The maximum atomic E-state index is 12.5. The van der Waals surface area contributed by atoms with Gasteiger partial charge in [0.1, 0.15) is 0 Å². The van der Waals surface area contributed by atoms with E-state index in [0.717, 1.165) is 22.2 Å². The molecule has 1 atom stereocenters. The molecule has 0 spiro atoms. The van der Waals surface area contributed by atoms with Crippen LogP contribution in [0.15, 0.2) is 42.6 Å². The second-order valence-corrected chi connectivity index (χ2v) is 5.96. The number of nitrogens with zero attached hydrogens (tertiary/aromatic N) is 1. The molecule has 2 N–H and O–H groups in total. The van der Waals surface area contributed by atoms with Crippen molar-refractivity contribution in [1.82, 2.24) is 10.2 Å². The summed E-state index contributed by atoms with van der Waals surface area (Å²) in [6, 6.07) is 11.4. The highest BCUT2D eigenvalue weighted by molar-refractivity contribution is 5.94. The molecule has 1 aromatic heterocycles. The van der Waals surface area contributed by atoms with E-state index in [1.807, 2.05) is 43.3 Å². The second kappa shape index (κ2) is 7.25. The van der Waals surface area contributed by atoms with Crippen LogP contribution >= 0.6 is 0 Å². The zero-order valence-electron chi connectivity index (χ0n) is 14.5. The Bertz CT molecular complexity index is 889. The van der Waals surface area contributed by atoms with Crippen LogP contribution in [0.5, 0.6) is 11.5 Å². The minimum absolute atomic E-state index is 0.0337. The van der Waals surface area contributed by atoms with E-state index in [-0.39, 0.29) is 11.8 Å². The van der Waals surface area contributed by atoms with Crippen LogP contribution in [0.4, 0.5) is 5.69 Å². The second-order valence-electron chi connectivity index (χ2n) is 5.96. The van der Waals surface area contributed by atoms with Crippen LogP contribution in [-0.2, 0) is 11.2 Å². The first kappa shape index (κ1) is 16.8. The largest absolute Gasteiger partial charge is 0.493 e. The molecular formula is C19H21N3O3. The minimum Gasteiger partial charge on any atom is -0.493 e. The smallest absolute Gasteiger partial charge is 0.227 e. The van der Waals surface area contributed by atoms with Crippen molar-refractivity contribution in [1.29, 1.82) is 0 Å². The number of nitrogens with one attached hydrogen (secondary N) is 2. The van der Waals surface area contributed by atoms with Crippen molar-refractivity contribution < 1.29 is 14.3 Å². The topological polar surface area (TPSA) is 76.2 Å². The number of H-pyrrole nitrogens is 1. The summed E-state index contributed by atoms with van der Waals surface area (Å²) in [7, 11) is 3.20. The molecule has 0 saturated heterocycles. The third-order valence-electron chi connectivity index (χ3n) is 4.15. The summed E-state index contributed by atoms with van der Waals surface area (Å²) < 4.78 is 10.6. The molecule has 25 heavy (non-hydrogen) atoms. The fourth-order valence-corrected chi connectivity index (χ4v) is 2.73. The monoisotopic (exact) mass is 339 g/mol. The van der Waals surface area contributed by atoms with E-state index < -0.39 is 0 Å². The molecule has 1 unspecified atom stereocenters. The van der Waals surface area contributed by atoms with Crippen molar-refractivity contribution in [2.45, 2.75) is 13.3 Å². The average molecular weight is 339 g/mol. The van der Waals surface area contributed by atoms with E-state index in [2.05, 4.69) is 15.5 Å². The number of ether oxygens (including phenoxy) is 2. The minimum atomic E-state index is -0.185. The molecule has 1 amide bonds. The lowest BCUT2D eigenvalue weighted by Crippen LogP contribution is -2.22. The summed E-state index contributed by atoms with van der Waals surface area (Å²) in [5, 5.41) is 10.8. The zero-order valence-corrected chi connectivity index (χ0v) is 14.5. The Morgan fingerprint density at radius 1 is 1.16 bits per heavy atom. The highest BCUT2D eigenvalue weighted by Crippen LogP contribution is 2.28. The number of aromatic amines is 1. The molecule has 0 radical (unpaired) electrons. The molecule has 0 fully saturated rings. The first-order valence-electron chi connectivity index (χ1n) is 8.05. The lowest BCUT2D eigenvalue weighted by Gasteiger charge is -2.14. The summed E-state index contributed by atoms with van der Waals surface area (Å²) in [6.45, 7) is 1.90. The number of carbonyl (C=O) groups excluding carboxylic acids is 1. The van der Waals surface area contributed by atoms with Gasteiger partial charge in [0, 0.05) is 17.0 Å². The molecule has 0 bridgehead atoms. The molecule has 1 heterocycles. The normalized spacial score (nSPS) is 12.0.